The Bertz CT molecular complexity index is 1470. The van der Waals surface area contributed by atoms with Crippen molar-refractivity contribution < 1.29 is 38.0 Å². The summed E-state index contributed by atoms with van der Waals surface area (Å²) in [5, 5.41) is 24.6. The molecule has 0 aliphatic heterocycles. The highest BCUT2D eigenvalue weighted by Crippen LogP contribution is 2.38. The Hall–Kier alpha value is -2.88. The summed E-state index contributed by atoms with van der Waals surface area (Å²) in [7, 11) is 1.08. The zero-order chi connectivity index (χ0) is 49.4. The summed E-state index contributed by atoms with van der Waals surface area (Å²) in [6.45, 7) is 4.06. The van der Waals surface area contributed by atoms with Gasteiger partial charge in [-0.15, -0.1) is 0 Å². The summed E-state index contributed by atoms with van der Waals surface area (Å²) in [4.78, 5) is 25.5. The van der Waals surface area contributed by atoms with Gasteiger partial charge in [0.1, 0.15) is 19.3 Å². The lowest BCUT2D eigenvalue weighted by atomic mass is 10.0. The van der Waals surface area contributed by atoms with Crippen LogP contribution in [0.3, 0.4) is 0 Å². The maximum absolute atomic E-state index is 13.0. The van der Waals surface area contributed by atoms with E-state index in [0.29, 0.717) is 30.3 Å². The van der Waals surface area contributed by atoms with Crippen molar-refractivity contribution in [2.75, 3.05) is 40.9 Å². The number of phosphoric acid groups is 1. The van der Waals surface area contributed by atoms with Crippen molar-refractivity contribution in [3.63, 3.8) is 0 Å². The van der Waals surface area contributed by atoms with Crippen molar-refractivity contribution in [2.24, 2.45) is 0 Å². The van der Waals surface area contributed by atoms with Crippen LogP contribution in [-0.2, 0) is 18.4 Å². The molecular formula is C57H99N2O7P. The zero-order valence-corrected chi connectivity index (χ0v) is 44.1. The quantitative estimate of drug-likeness (QED) is 0.0240. The topological polar surface area (TPSA) is 128 Å². The van der Waals surface area contributed by atoms with E-state index in [0.717, 1.165) is 89.9 Å². The van der Waals surface area contributed by atoms with Crippen molar-refractivity contribution in [3.8, 4) is 0 Å². The second kappa shape index (κ2) is 46.8. The first-order valence-electron chi connectivity index (χ1n) is 26.3. The van der Waals surface area contributed by atoms with Gasteiger partial charge in [0.25, 0.3) is 7.82 Å². The molecule has 0 spiro atoms. The molecule has 0 bridgehead atoms. The highest BCUT2D eigenvalue weighted by molar-refractivity contribution is 7.45. The second-order valence-electron chi connectivity index (χ2n) is 18.6. The van der Waals surface area contributed by atoms with E-state index in [1.54, 1.807) is 0 Å². The maximum Gasteiger partial charge on any atom is 0.268 e. The minimum atomic E-state index is -4.69. The van der Waals surface area contributed by atoms with Crippen LogP contribution < -0.4 is 10.2 Å². The van der Waals surface area contributed by atoms with Gasteiger partial charge in [0.2, 0.25) is 5.91 Å². The molecule has 9 nitrogen and oxygen atoms in total. The number of amides is 1. The lowest BCUT2D eigenvalue weighted by Gasteiger charge is -2.31. The predicted molar refractivity (Wildman–Crippen MR) is 285 cm³/mol. The van der Waals surface area contributed by atoms with Crippen molar-refractivity contribution in [1.29, 1.82) is 0 Å². The summed E-state index contributed by atoms with van der Waals surface area (Å²) in [5.41, 5.74) is 0. The molecule has 0 aromatic carbocycles. The number of carbonyl (C=O) groups is 1. The number of nitrogens with zero attached hydrogens (tertiary/aromatic N) is 1. The number of likely N-dealkylation sites (N-methyl/N-ethyl adjacent to an activating group) is 1. The van der Waals surface area contributed by atoms with Crippen LogP contribution in [0, 0.1) is 0 Å². The zero-order valence-electron chi connectivity index (χ0n) is 43.2. The van der Waals surface area contributed by atoms with Crippen LogP contribution in [0.25, 0.3) is 0 Å². The number of unbranched alkanes of at least 4 members (excludes halogenated alkanes) is 15. The Morgan fingerprint density at radius 1 is 0.567 bits per heavy atom. The molecule has 10 heteroatoms. The van der Waals surface area contributed by atoms with Crippen LogP contribution in [0.2, 0.25) is 0 Å². The standard InChI is InChI=1S/C57H99N2O7P/c1-6-8-10-12-14-16-18-20-21-22-23-24-25-26-27-28-29-30-31-32-33-34-35-36-37-38-40-42-44-46-48-50-56(61)58-54(53-66-67(63,64)65-52-51-59(3,4)5)57(62)55(60)49-47-45-43-41-39-19-17-15-13-11-9-7-2/h7-10,14-17,20-21,23-24,26-27,29-30,41,43,54-55,57,60,62H,6,11-13,18-19,22,25,28,31-40,42,44-53H2,1-5H3,(H-,58,61,63,64)/b9-7+,10-8-,16-14-,17-15+,21-20-,24-23-,27-26-,30-29-,43-41+. The third-order valence-corrected chi connectivity index (χ3v) is 12.1. The van der Waals surface area contributed by atoms with Crippen LogP contribution in [0.15, 0.2) is 109 Å². The van der Waals surface area contributed by atoms with Gasteiger partial charge in [-0.2, -0.15) is 0 Å². The lowest BCUT2D eigenvalue weighted by molar-refractivity contribution is -0.870. The number of aliphatic hydroxyl groups excluding tert-OH is 2. The van der Waals surface area contributed by atoms with Crippen LogP contribution in [0.5, 0.6) is 0 Å². The first kappa shape index (κ1) is 64.1. The van der Waals surface area contributed by atoms with Crippen molar-refractivity contribution in [2.45, 2.75) is 205 Å². The Balaban J connectivity index is 4.25. The molecular weight excluding hydrogens is 856 g/mol. The van der Waals surface area contributed by atoms with Crippen LogP contribution in [0.1, 0.15) is 187 Å². The number of quaternary nitrogens is 1. The highest BCUT2D eigenvalue weighted by Gasteiger charge is 2.29. The summed E-state index contributed by atoms with van der Waals surface area (Å²) in [6, 6.07) is -1.11. The van der Waals surface area contributed by atoms with E-state index in [-0.39, 0.29) is 18.9 Å². The van der Waals surface area contributed by atoms with E-state index in [2.05, 4.69) is 122 Å². The molecule has 3 N–H and O–H groups in total. The molecule has 0 aliphatic rings. The number of nitrogens with one attached hydrogen (secondary N) is 1. The molecule has 0 rings (SSSR count). The summed E-state index contributed by atoms with van der Waals surface area (Å²) >= 11 is 0. The average molecular weight is 955 g/mol. The predicted octanol–water partition coefficient (Wildman–Crippen LogP) is 14.0. The fraction of sp³-hybridized carbons (Fsp3) is 0.667. The molecule has 0 saturated heterocycles. The van der Waals surface area contributed by atoms with Gasteiger partial charge in [0.05, 0.1) is 39.9 Å². The number of hydrogen-bond donors (Lipinski definition) is 3. The lowest BCUT2D eigenvalue weighted by Crippen LogP contribution is -2.51. The van der Waals surface area contributed by atoms with E-state index < -0.39 is 32.7 Å². The SMILES string of the molecule is C/C=C/CC/C=C/CC/C=C/CCCC(O)C(O)C(COP(=O)([O-])OCC[N+](C)(C)C)NC(=O)CCCCCCCCCCCCCC/C=C\C/C=C\C/C=C\C/C=C\C/C=C\C/C=C\CC. The summed E-state index contributed by atoms with van der Waals surface area (Å²) in [6.07, 6.45) is 64.5. The van der Waals surface area contributed by atoms with Crippen molar-refractivity contribution in [3.05, 3.63) is 109 Å². The molecule has 67 heavy (non-hydrogen) atoms. The van der Waals surface area contributed by atoms with Gasteiger partial charge in [-0.05, 0) is 110 Å². The third kappa shape index (κ3) is 48.0. The minimum Gasteiger partial charge on any atom is -0.756 e. The van der Waals surface area contributed by atoms with Gasteiger partial charge in [-0.1, -0.05) is 181 Å². The maximum atomic E-state index is 13.0. The normalized spacial score (nSPS) is 15.4. The Morgan fingerprint density at radius 3 is 1.45 bits per heavy atom. The fourth-order valence-corrected chi connectivity index (χ4v) is 7.72. The van der Waals surface area contributed by atoms with E-state index in [9.17, 15) is 24.5 Å². The number of aliphatic hydroxyl groups is 2. The number of rotatable bonds is 46. The molecule has 0 aromatic heterocycles. The molecule has 4 unspecified atom stereocenters. The summed E-state index contributed by atoms with van der Waals surface area (Å²) < 4.78 is 23.2. The first-order chi connectivity index (χ1) is 32.4. The molecule has 0 aromatic rings. The van der Waals surface area contributed by atoms with Gasteiger partial charge >= 0.3 is 0 Å². The molecule has 0 saturated carbocycles. The summed E-state index contributed by atoms with van der Waals surface area (Å²) in [5.74, 6) is -0.303. The largest absolute Gasteiger partial charge is 0.756 e. The van der Waals surface area contributed by atoms with Gasteiger partial charge in [0, 0.05) is 6.42 Å². The molecule has 0 radical (unpaired) electrons. The van der Waals surface area contributed by atoms with Gasteiger partial charge in [-0.25, -0.2) is 0 Å². The van der Waals surface area contributed by atoms with Crippen LogP contribution >= 0.6 is 7.82 Å². The van der Waals surface area contributed by atoms with Crippen LogP contribution in [-0.4, -0.2) is 79.8 Å². The van der Waals surface area contributed by atoms with Gasteiger partial charge < -0.3 is 34.0 Å². The molecule has 0 heterocycles. The van der Waals surface area contributed by atoms with Gasteiger partial charge in [-0.3, -0.25) is 9.36 Å². The minimum absolute atomic E-state index is 0.0559. The number of allylic oxidation sites excluding steroid dienone is 18. The Kier molecular flexibility index (Phi) is 44.8. The monoisotopic (exact) mass is 955 g/mol. The molecule has 1 amide bonds. The average Bonchev–Trinajstić information content (AvgIpc) is 3.29. The van der Waals surface area contributed by atoms with E-state index in [1.165, 1.54) is 57.8 Å². The molecule has 384 valence electrons. The smallest absolute Gasteiger partial charge is 0.268 e. The van der Waals surface area contributed by atoms with E-state index >= 15 is 0 Å². The number of carbonyl (C=O) groups excluding carboxylic acids is 1. The van der Waals surface area contributed by atoms with Crippen molar-refractivity contribution in [1.82, 2.24) is 5.32 Å². The molecule has 4 atom stereocenters. The molecule has 0 fully saturated rings. The van der Waals surface area contributed by atoms with Gasteiger partial charge in [0.15, 0.2) is 0 Å². The van der Waals surface area contributed by atoms with E-state index in [4.69, 9.17) is 9.05 Å². The third-order valence-electron chi connectivity index (χ3n) is 11.1. The van der Waals surface area contributed by atoms with Crippen molar-refractivity contribution >= 4 is 13.7 Å². The van der Waals surface area contributed by atoms with E-state index in [1.807, 2.05) is 28.1 Å². The Labute approximate surface area is 411 Å². The van der Waals surface area contributed by atoms with Crippen LogP contribution in [0.4, 0.5) is 0 Å². The second-order valence-corrected chi connectivity index (χ2v) is 20.0. The Morgan fingerprint density at radius 2 is 0.970 bits per heavy atom. The first-order valence-corrected chi connectivity index (χ1v) is 27.7. The fourth-order valence-electron chi connectivity index (χ4n) is 7.00. The highest BCUT2D eigenvalue weighted by atomic mass is 31.2. The number of hydrogen-bond acceptors (Lipinski definition) is 7. The number of phosphoric ester groups is 1. The molecule has 0 aliphatic carbocycles.